The fourth-order valence-corrected chi connectivity index (χ4v) is 2.96. The number of imidazole rings is 1. The van der Waals surface area contributed by atoms with Gasteiger partial charge in [-0.2, -0.15) is 5.26 Å². The molecule has 0 aliphatic carbocycles. The Kier molecular flexibility index (Phi) is 4.48. The second-order valence-electron chi connectivity index (χ2n) is 6.16. The fraction of sp³-hybridized carbons (Fsp3) is 0.0455. The largest absolute Gasteiger partial charge is 0.495 e. The van der Waals surface area contributed by atoms with Crippen LogP contribution in [0.15, 0.2) is 66.7 Å². The summed E-state index contributed by atoms with van der Waals surface area (Å²) in [6.45, 7) is 0. The van der Waals surface area contributed by atoms with Crippen LogP contribution in [-0.4, -0.2) is 23.0 Å². The number of methoxy groups -OCH3 is 1. The normalized spacial score (nSPS) is 10.4. The number of amides is 1. The number of aromatic nitrogens is 2. The average Bonchev–Trinajstić information content (AvgIpc) is 3.18. The Morgan fingerprint density at radius 1 is 1.11 bits per heavy atom. The van der Waals surface area contributed by atoms with E-state index < -0.39 is 0 Å². The number of fused-ring (bicyclic) bond motifs is 1. The number of carbonyl (C=O) groups excluding carboxylic acids is 1. The summed E-state index contributed by atoms with van der Waals surface area (Å²) < 4.78 is 5.18. The summed E-state index contributed by atoms with van der Waals surface area (Å²) in [6, 6.07) is 22.0. The summed E-state index contributed by atoms with van der Waals surface area (Å²) in [5.41, 5.74) is 4.10. The van der Waals surface area contributed by atoms with Gasteiger partial charge in [-0.25, -0.2) is 4.98 Å². The Balaban J connectivity index is 1.60. The molecule has 1 amide bonds. The Morgan fingerprint density at radius 2 is 1.96 bits per heavy atom. The highest BCUT2D eigenvalue weighted by Gasteiger charge is 2.11. The van der Waals surface area contributed by atoms with Gasteiger partial charge in [0.1, 0.15) is 17.6 Å². The van der Waals surface area contributed by atoms with Crippen LogP contribution in [0.3, 0.4) is 0 Å². The van der Waals surface area contributed by atoms with Crippen molar-refractivity contribution in [1.29, 1.82) is 5.26 Å². The van der Waals surface area contributed by atoms with Crippen LogP contribution in [0.4, 0.5) is 5.69 Å². The zero-order valence-corrected chi connectivity index (χ0v) is 15.1. The minimum absolute atomic E-state index is 0.260. The highest BCUT2D eigenvalue weighted by Crippen LogP contribution is 2.24. The van der Waals surface area contributed by atoms with Gasteiger partial charge in [0.15, 0.2) is 0 Å². The van der Waals surface area contributed by atoms with E-state index in [9.17, 15) is 4.79 Å². The SMILES string of the molecule is COc1cc(NC(=O)c2cccc(-c3nc4ccccc4[nH]3)c2)ccc1C#N. The molecule has 0 spiro atoms. The molecule has 0 radical (unpaired) electrons. The average molecular weight is 368 g/mol. The van der Waals surface area contributed by atoms with Crippen LogP contribution in [0.5, 0.6) is 5.75 Å². The summed E-state index contributed by atoms with van der Waals surface area (Å²) in [6.07, 6.45) is 0. The Hall–Kier alpha value is -4.11. The molecule has 1 heterocycles. The van der Waals surface area contributed by atoms with Gasteiger partial charge in [0.25, 0.3) is 5.91 Å². The molecule has 1 aromatic heterocycles. The molecule has 0 fully saturated rings. The Labute approximate surface area is 161 Å². The van der Waals surface area contributed by atoms with Crippen molar-refractivity contribution in [3.8, 4) is 23.2 Å². The first kappa shape index (κ1) is 17.3. The van der Waals surface area contributed by atoms with Crippen LogP contribution in [0.25, 0.3) is 22.4 Å². The lowest BCUT2D eigenvalue weighted by molar-refractivity contribution is 0.102. The third-order valence-electron chi connectivity index (χ3n) is 4.37. The molecular formula is C22H16N4O2. The van der Waals surface area contributed by atoms with Crippen LogP contribution in [-0.2, 0) is 0 Å². The lowest BCUT2D eigenvalue weighted by Gasteiger charge is -2.09. The van der Waals surface area contributed by atoms with Crippen molar-refractivity contribution >= 4 is 22.6 Å². The Morgan fingerprint density at radius 3 is 2.75 bits per heavy atom. The molecule has 0 atom stereocenters. The zero-order valence-electron chi connectivity index (χ0n) is 15.1. The highest BCUT2D eigenvalue weighted by atomic mass is 16.5. The van der Waals surface area contributed by atoms with Crippen molar-refractivity contribution < 1.29 is 9.53 Å². The summed E-state index contributed by atoms with van der Waals surface area (Å²) in [4.78, 5) is 20.5. The fourth-order valence-electron chi connectivity index (χ4n) is 2.96. The van der Waals surface area contributed by atoms with Crippen LogP contribution in [0.2, 0.25) is 0 Å². The van der Waals surface area contributed by atoms with Gasteiger partial charge in [-0.3, -0.25) is 4.79 Å². The van der Waals surface area contributed by atoms with E-state index in [2.05, 4.69) is 15.3 Å². The molecule has 136 valence electrons. The maximum absolute atomic E-state index is 12.7. The predicted molar refractivity (Wildman–Crippen MR) is 107 cm³/mol. The van der Waals surface area contributed by atoms with Gasteiger partial charge >= 0.3 is 0 Å². The number of nitriles is 1. The number of benzene rings is 3. The van der Waals surface area contributed by atoms with E-state index in [1.54, 1.807) is 30.3 Å². The van der Waals surface area contributed by atoms with Gasteiger partial charge in [0.05, 0.1) is 23.7 Å². The third-order valence-corrected chi connectivity index (χ3v) is 4.37. The van der Waals surface area contributed by atoms with Crippen molar-refractivity contribution in [1.82, 2.24) is 9.97 Å². The first-order valence-corrected chi connectivity index (χ1v) is 8.62. The van der Waals surface area contributed by atoms with Gasteiger partial charge < -0.3 is 15.0 Å². The molecule has 0 unspecified atom stereocenters. The molecule has 0 saturated heterocycles. The van der Waals surface area contributed by atoms with Crippen LogP contribution >= 0.6 is 0 Å². The molecule has 0 aliphatic rings. The highest BCUT2D eigenvalue weighted by molar-refractivity contribution is 6.05. The molecule has 28 heavy (non-hydrogen) atoms. The van der Waals surface area contributed by atoms with Crippen molar-refractivity contribution in [3.63, 3.8) is 0 Å². The molecule has 0 bridgehead atoms. The van der Waals surface area contributed by atoms with Gasteiger partial charge in [0.2, 0.25) is 0 Å². The lowest BCUT2D eigenvalue weighted by Crippen LogP contribution is -2.12. The van der Waals surface area contributed by atoms with Crippen molar-refractivity contribution in [2.75, 3.05) is 12.4 Å². The number of anilines is 1. The predicted octanol–water partition coefficient (Wildman–Crippen LogP) is 4.36. The second kappa shape index (κ2) is 7.25. The number of nitrogens with one attached hydrogen (secondary N) is 2. The number of hydrogen-bond acceptors (Lipinski definition) is 4. The minimum atomic E-state index is -0.260. The second-order valence-corrected chi connectivity index (χ2v) is 6.16. The molecule has 3 aromatic carbocycles. The molecule has 6 heteroatoms. The summed E-state index contributed by atoms with van der Waals surface area (Å²) >= 11 is 0. The van der Waals surface area contributed by atoms with Crippen LogP contribution < -0.4 is 10.1 Å². The number of carbonyl (C=O) groups is 1. The minimum Gasteiger partial charge on any atom is -0.495 e. The number of hydrogen-bond donors (Lipinski definition) is 2. The van der Waals surface area contributed by atoms with Gasteiger partial charge in [-0.05, 0) is 36.4 Å². The summed E-state index contributed by atoms with van der Waals surface area (Å²) in [5, 5.41) is 11.9. The Bertz CT molecular complexity index is 1190. The molecule has 6 nitrogen and oxygen atoms in total. The molecule has 4 rings (SSSR count). The smallest absolute Gasteiger partial charge is 0.255 e. The molecule has 2 N–H and O–H groups in total. The lowest BCUT2D eigenvalue weighted by atomic mass is 10.1. The van der Waals surface area contributed by atoms with Gasteiger partial charge in [-0.15, -0.1) is 0 Å². The number of rotatable bonds is 4. The number of para-hydroxylation sites is 2. The standard InChI is InChI=1S/C22H16N4O2/c1-28-20-12-17(10-9-16(20)13-23)24-22(27)15-6-4-5-14(11-15)21-25-18-7-2-3-8-19(18)26-21/h2-12H,1H3,(H,24,27)(H,25,26). The van der Waals surface area contributed by atoms with Crippen molar-refractivity contribution in [2.24, 2.45) is 0 Å². The molecule has 0 aliphatic heterocycles. The summed E-state index contributed by atoms with van der Waals surface area (Å²) in [7, 11) is 1.48. The van der Waals surface area contributed by atoms with E-state index in [1.807, 2.05) is 42.5 Å². The summed E-state index contributed by atoms with van der Waals surface area (Å²) in [5.74, 6) is 0.858. The number of nitrogens with zero attached hydrogens (tertiary/aromatic N) is 2. The molecule has 0 saturated carbocycles. The van der Waals surface area contributed by atoms with Crippen molar-refractivity contribution in [3.05, 3.63) is 77.9 Å². The van der Waals surface area contributed by atoms with Gasteiger partial charge in [0, 0.05) is 22.9 Å². The van der Waals surface area contributed by atoms with Crippen LogP contribution in [0.1, 0.15) is 15.9 Å². The first-order chi connectivity index (χ1) is 13.7. The third kappa shape index (κ3) is 3.29. The van der Waals surface area contributed by atoms with E-state index in [-0.39, 0.29) is 5.91 Å². The van der Waals surface area contributed by atoms with E-state index >= 15 is 0 Å². The molecule has 4 aromatic rings. The number of ether oxygens (including phenoxy) is 1. The maximum Gasteiger partial charge on any atom is 0.255 e. The monoisotopic (exact) mass is 368 g/mol. The van der Waals surface area contributed by atoms with Crippen molar-refractivity contribution in [2.45, 2.75) is 0 Å². The number of H-pyrrole nitrogens is 1. The van der Waals surface area contributed by atoms with E-state index in [0.717, 1.165) is 16.6 Å². The zero-order chi connectivity index (χ0) is 19.5. The number of aromatic amines is 1. The maximum atomic E-state index is 12.7. The topological polar surface area (TPSA) is 90.8 Å². The van der Waals surface area contributed by atoms with E-state index in [1.165, 1.54) is 7.11 Å². The first-order valence-electron chi connectivity index (χ1n) is 8.62. The van der Waals surface area contributed by atoms with Gasteiger partial charge in [-0.1, -0.05) is 24.3 Å². The quantitative estimate of drug-likeness (QED) is 0.560. The van der Waals surface area contributed by atoms with E-state index in [0.29, 0.717) is 28.4 Å². The van der Waals surface area contributed by atoms with Crippen LogP contribution in [0, 0.1) is 11.3 Å². The molecular weight excluding hydrogens is 352 g/mol. The van der Waals surface area contributed by atoms with E-state index in [4.69, 9.17) is 10.00 Å².